The minimum atomic E-state index is -4.52. The van der Waals surface area contributed by atoms with E-state index in [4.69, 9.17) is 14.2 Å². The Morgan fingerprint density at radius 1 is 0.925 bits per heavy atom. The van der Waals surface area contributed by atoms with E-state index in [-0.39, 0.29) is 12.1 Å². The van der Waals surface area contributed by atoms with Gasteiger partial charge in [0, 0.05) is 19.0 Å². The van der Waals surface area contributed by atoms with Crippen molar-refractivity contribution in [3.63, 3.8) is 0 Å². The van der Waals surface area contributed by atoms with Crippen LogP contribution in [0.3, 0.4) is 0 Å². The number of ether oxygens (including phenoxy) is 3. The largest absolute Gasteiger partial charge is 0.497 e. The number of benzene rings is 3. The van der Waals surface area contributed by atoms with Gasteiger partial charge in [0.25, 0.3) is 11.8 Å². The fraction of sp³-hybridized carbons (Fsp3) is 0.276. The molecule has 0 saturated carbocycles. The van der Waals surface area contributed by atoms with E-state index in [1.54, 1.807) is 31.4 Å². The molecular weight excluding hydrogens is 527 g/mol. The Labute approximate surface area is 229 Å². The summed E-state index contributed by atoms with van der Waals surface area (Å²) in [5.74, 6) is 0.629. The first-order valence-corrected chi connectivity index (χ1v) is 12.2. The van der Waals surface area contributed by atoms with E-state index >= 15 is 0 Å². The fourth-order valence-corrected chi connectivity index (χ4v) is 4.39. The second kappa shape index (κ2) is 11.7. The number of hydrogen-bond donors (Lipinski definition) is 0. The van der Waals surface area contributed by atoms with Gasteiger partial charge in [0.15, 0.2) is 11.5 Å². The first kappa shape index (κ1) is 28.5. The summed E-state index contributed by atoms with van der Waals surface area (Å²) in [6, 6.07) is 16.0. The van der Waals surface area contributed by atoms with Crippen LogP contribution in [0.15, 0.2) is 71.8 Å². The van der Waals surface area contributed by atoms with E-state index in [9.17, 15) is 22.8 Å². The lowest BCUT2D eigenvalue weighted by Crippen LogP contribution is -2.39. The van der Waals surface area contributed by atoms with Crippen LogP contribution in [-0.4, -0.2) is 62.4 Å². The molecule has 0 saturated heterocycles. The van der Waals surface area contributed by atoms with Gasteiger partial charge in [-0.3, -0.25) is 9.59 Å². The smallest absolute Gasteiger partial charge is 0.416 e. The molecule has 4 rings (SSSR count). The first-order chi connectivity index (χ1) is 19.0. The number of hydrazone groups is 1. The maximum atomic E-state index is 13.5. The number of alkyl halides is 3. The molecule has 1 heterocycles. The van der Waals surface area contributed by atoms with Crippen molar-refractivity contribution >= 4 is 17.5 Å². The minimum Gasteiger partial charge on any atom is -0.497 e. The number of nitrogens with zero attached hydrogens (tertiary/aromatic N) is 3. The van der Waals surface area contributed by atoms with E-state index < -0.39 is 29.6 Å². The lowest BCUT2D eigenvalue weighted by atomic mass is 9.98. The summed E-state index contributed by atoms with van der Waals surface area (Å²) < 4.78 is 54.7. The van der Waals surface area contributed by atoms with Gasteiger partial charge in [0.2, 0.25) is 0 Å². The number of hydrogen-bond acceptors (Lipinski definition) is 6. The van der Waals surface area contributed by atoms with Gasteiger partial charge < -0.3 is 19.1 Å². The van der Waals surface area contributed by atoms with Crippen LogP contribution in [0.1, 0.15) is 39.5 Å². The van der Waals surface area contributed by atoms with E-state index in [1.165, 1.54) is 26.3 Å². The summed E-state index contributed by atoms with van der Waals surface area (Å²) in [5.41, 5.74) is 1.37. The molecule has 11 heteroatoms. The summed E-state index contributed by atoms with van der Waals surface area (Å²) in [6.45, 7) is -0.344. The van der Waals surface area contributed by atoms with Crippen LogP contribution >= 0.6 is 0 Å². The lowest BCUT2D eigenvalue weighted by Gasteiger charge is -2.25. The zero-order chi connectivity index (χ0) is 29.0. The molecule has 1 aliphatic heterocycles. The number of carbonyl (C=O) groups excluding carboxylic acids is 2. The maximum Gasteiger partial charge on any atom is 0.416 e. The van der Waals surface area contributed by atoms with Gasteiger partial charge in [0.05, 0.1) is 38.6 Å². The van der Waals surface area contributed by atoms with Crippen molar-refractivity contribution in [3.05, 3.63) is 89.0 Å². The molecule has 0 aromatic heterocycles. The molecular formula is C29H28F3N3O5. The topological polar surface area (TPSA) is 80.7 Å². The summed E-state index contributed by atoms with van der Waals surface area (Å²) in [5, 5.41) is 5.95. The van der Waals surface area contributed by atoms with E-state index in [0.29, 0.717) is 29.4 Å². The molecule has 0 fully saturated rings. The van der Waals surface area contributed by atoms with Crippen molar-refractivity contribution in [2.24, 2.45) is 5.10 Å². The molecule has 210 valence electrons. The molecule has 0 unspecified atom stereocenters. The summed E-state index contributed by atoms with van der Waals surface area (Å²) in [6.07, 6.45) is -4.12. The third-order valence-electron chi connectivity index (χ3n) is 6.56. The second-order valence-corrected chi connectivity index (χ2v) is 9.08. The molecule has 3 aromatic carbocycles. The average Bonchev–Trinajstić information content (AvgIpc) is 3.41. The Morgan fingerprint density at radius 2 is 1.57 bits per heavy atom. The number of amides is 2. The maximum absolute atomic E-state index is 13.5. The van der Waals surface area contributed by atoms with Gasteiger partial charge in [-0.2, -0.15) is 18.3 Å². The molecule has 0 N–H and O–H groups in total. The summed E-state index contributed by atoms with van der Waals surface area (Å²) in [7, 11) is 6.02. The highest BCUT2D eigenvalue weighted by atomic mass is 19.4. The number of rotatable bonds is 8. The van der Waals surface area contributed by atoms with Crippen LogP contribution in [0.25, 0.3) is 0 Å². The molecule has 3 aromatic rings. The van der Waals surface area contributed by atoms with Gasteiger partial charge in [-0.1, -0.05) is 6.07 Å². The first-order valence-electron chi connectivity index (χ1n) is 12.2. The van der Waals surface area contributed by atoms with Gasteiger partial charge in [-0.25, -0.2) is 5.01 Å². The summed E-state index contributed by atoms with van der Waals surface area (Å²) in [4.78, 5) is 27.6. The van der Waals surface area contributed by atoms with Crippen molar-refractivity contribution in [2.45, 2.75) is 18.6 Å². The Morgan fingerprint density at radius 3 is 2.15 bits per heavy atom. The van der Waals surface area contributed by atoms with E-state index in [0.717, 1.165) is 40.3 Å². The molecule has 1 aliphatic rings. The Balaban J connectivity index is 1.60. The standard InChI is InChI=1S/C29H28F3N3O5/c1-34(28(37)19-5-10-21(11-6-19)29(30,31)32)17-27(36)35-24(20-9-14-25(39-3)26(15-20)40-4)16-23(33-35)18-7-12-22(38-2)13-8-18/h5-15,24H,16-17H2,1-4H3/t24-/m0/s1. The quantitative estimate of drug-likeness (QED) is 0.383. The molecule has 2 amide bonds. The molecule has 0 spiro atoms. The fourth-order valence-electron chi connectivity index (χ4n) is 4.39. The van der Waals surface area contributed by atoms with Crippen molar-refractivity contribution in [3.8, 4) is 17.2 Å². The van der Waals surface area contributed by atoms with E-state index in [1.807, 2.05) is 18.2 Å². The van der Waals surface area contributed by atoms with Crippen LogP contribution in [0, 0.1) is 0 Å². The van der Waals surface area contributed by atoms with Crippen LogP contribution in [0.5, 0.6) is 17.2 Å². The molecule has 1 atom stereocenters. The van der Waals surface area contributed by atoms with Crippen LogP contribution in [-0.2, 0) is 11.0 Å². The minimum absolute atomic E-state index is 0.0311. The van der Waals surface area contributed by atoms with Gasteiger partial charge >= 0.3 is 6.18 Å². The van der Waals surface area contributed by atoms with Crippen molar-refractivity contribution in [1.29, 1.82) is 0 Å². The van der Waals surface area contributed by atoms with Crippen LogP contribution < -0.4 is 14.2 Å². The van der Waals surface area contributed by atoms with Crippen molar-refractivity contribution in [1.82, 2.24) is 9.91 Å². The van der Waals surface area contributed by atoms with Gasteiger partial charge in [0.1, 0.15) is 12.3 Å². The highest BCUT2D eigenvalue weighted by molar-refractivity contribution is 6.03. The monoisotopic (exact) mass is 555 g/mol. The van der Waals surface area contributed by atoms with E-state index in [2.05, 4.69) is 5.10 Å². The highest BCUT2D eigenvalue weighted by Gasteiger charge is 2.35. The van der Waals surface area contributed by atoms with Gasteiger partial charge in [-0.05, 0) is 71.8 Å². The second-order valence-electron chi connectivity index (χ2n) is 9.08. The molecule has 0 aliphatic carbocycles. The van der Waals surface area contributed by atoms with Gasteiger partial charge in [-0.15, -0.1) is 0 Å². The number of carbonyl (C=O) groups is 2. The summed E-state index contributed by atoms with van der Waals surface area (Å²) >= 11 is 0. The highest BCUT2D eigenvalue weighted by Crippen LogP contribution is 2.37. The normalized spacial score (nSPS) is 14.9. The third-order valence-corrected chi connectivity index (χ3v) is 6.56. The Bertz CT molecular complexity index is 1410. The number of methoxy groups -OCH3 is 3. The predicted octanol–water partition coefficient (Wildman–Crippen LogP) is 5.18. The number of likely N-dealkylation sites (N-methyl/N-ethyl adjacent to an activating group) is 1. The lowest BCUT2D eigenvalue weighted by molar-refractivity contribution is -0.137. The molecule has 0 bridgehead atoms. The zero-order valence-electron chi connectivity index (χ0n) is 22.4. The molecule has 40 heavy (non-hydrogen) atoms. The number of halogens is 3. The average molecular weight is 556 g/mol. The predicted molar refractivity (Wildman–Crippen MR) is 142 cm³/mol. The Kier molecular flexibility index (Phi) is 8.32. The third kappa shape index (κ3) is 6.03. The van der Waals surface area contributed by atoms with Crippen molar-refractivity contribution in [2.75, 3.05) is 34.9 Å². The molecule has 0 radical (unpaired) electrons. The Hall–Kier alpha value is -4.54. The SMILES string of the molecule is COc1ccc(C2=NN(C(=O)CN(C)C(=O)c3ccc(C(F)(F)F)cc3)[C@H](c3ccc(OC)c(OC)c3)C2)cc1. The van der Waals surface area contributed by atoms with Crippen LogP contribution in [0.4, 0.5) is 13.2 Å². The zero-order valence-corrected chi connectivity index (χ0v) is 22.4. The molecule has 8 nitrogen and oxygen atoms in total. The van der Waals surface area contributed by atoms with Crippen LogP contribution in [0.2, 0.25) is 0 Å². The van der Waals surface area contributed by atoms with Crippen molar-refractivity contribution < 1.29 is 37.0 Å².